The summed E-state index contributed by atoms with van der Waals surface area (Å²) in [5.74, 6) is 1.31. The molecule has 0 atom stereocenters. The number of hydrogen-bond acceptors (Lipinski definition) is 5. The van der Waals surface area contributed by atoms with Gasteiger partial charge in [0.2, 0.25) is 0 Å². The van der Waals surface area contributed by atoms with Gasteiger partial charge in [-0.2, -0.15) is 5.10 Å². The highest BCUT2D eigenvalue weighted by Crippen LogP contribution is 2.27. The monoisotopic (exact) mass is 421 g/mol. The van der Waals surface area contributed by atoms with Crippen LogP contribution in [0.3, 0.4) is 0 Å². The summed E-state index contributed by atoms with van der Waals surface area (Å²) in [5.41, 5.74) is 1.57. The highest BCUT2D eigenvalue weighted by molar-refractivity contribution is 5.91. The van der Waals surface area contributed by atoms with Gasteiger partial charge in [-0.3, -0.25) is 0 Å². The Morgan fingerprint density at radius 1 is 1.19 bits per heavy atom. The van der Waals surface area contributed by atoms with E-state index in [1.807, 2.05) is 41.3 Å². The number of nitrogens with zero attached hydrogens (tertiary/aromatic N) is 4. The first-order chi connectivity index (χ1) is 15.1. The summed E-state index contributed by atoms with van der Waals surface area (Å²) in [6.45, 7) is 0.446. The molecule has 0 radical (unpaired) electrons. The minimum absolute atomic E-state index is 0.0411. The van der Waals surface area contributed by atoms with Crippen LogP contribution in [0.15, 0.2) is 61.1 Å². The summed E-state index contributed by atoms with van der Waals surface area (Å²) in [4.78, 5) is 19.7. The van der Waals surface area contributed by atoms with Crippen LogP contribution in [-0.4, -0.2) is 50.1 Å². The number of methoxy groups -OCH3 is 1. The number of anilines is 1. The van der Waals surface area contributed by atoms with Crippen LogP contribution in [0.5, 0.6) is 5.75 Å². The molecule has 2 aromatic heterocycles. The number of rotatable bonds is 6. The first-order valence-electron chi connectivity index (χ1n) is 10.5. The number of carbonyl (C=O) groups excluding carboxylic acids is 1. The number of carbonyl (C=O) groups is 1. The number of amides is 2. The van der Waals surface area contributed by atoms with Gasteiger partial charge in [-0.05, 0) is 61.6 Å². The second kappa shape index (κ2) is 9.61. The maximum Gasteiger partial charge on any atom is 0.322 e. The zero-order valence-electron chi connectivity index (χ0n) is 17.5. The van der Waals surface area contributed by atoms with E-state index in [1.54, 1.807) is 36.4 Å². The van der Waals surface area contributed by atoms with E-state index < -0.39 is 0 Å². The Kier molecular flexibility index (Phi) is 6.47. The Hall–Kier alpha value is -3.39. The van der Waals surface area contributed by atoms with E-state index in [1.165, 1.54) is 0 Å². The standard InChI is InChI=1S/C23H27N5O3/c1-31-20-6-2-5-17(15-20)16-27(18-8-10-19(29)11-9-18)23(30)26-21-7-3-12-24-22(21)28-14-4-13-25-28/h2-7,12-15,18-19,29H,8-11,16H2,1H3,(H,26,30). The summed E-state index contributed by atoms with van der Waals surface area (Å²) >= 11 is 0. The van der Waals surface area contributed by atoms with Crippen molar-refractivity contribution in [2.24, 2.45) is 0 Å². The topological polar surface area (TPSA) is 92.5 Å². The van der Waals surface area contributed by atoms with Crippen molar-refractivity contribution >= 4 is 11.7 Å². The van der Waals surface area contributed by atoms with E-state index in [-0.39, 0.29) is 18.2 Å². The lowest BCUT2D eigenvalue weighted by Gasteiger charge is -2.36. The molecule has 8 nitrogen and oxygen atoms in total. The van der Waals surface area contributed by atoms with Crippen LogP contribution in [0, 0.1) is 0 Å². The van der Waals surface area contributed by atoms with Crippen molar-refractivity contribution in [2.75, 3.05) is 12.4 Å². The molecule has 1 fully saturated rings. The normalized spacial score (nSPS) is 18.4. The third kappa shape index (κ3) is 5.03. The largest absolute Gasteiger partial charge is 0.497 e. The molecule has 31 heavy (non-hydrogen) atoms. The number of urea groups is 1. The molecule has 2 N–H and O–H groups in total. The molecule has 0 spiro atoms. The first-order valence-corrected chi connectivity index (χ1v) is 10.5. The predicted octanol–water partition coefficient (Wildman–Crippen LogP) is 3.61. The van der Waals surface area contributed by atoms with Crippen LogP contribution in [-0.2, 0) is 6.54 Å². The van der Waals surface area contributed by atoms with Crippen molar-refractivity contribution in [3.63, 3.8) is 0 Å². The highest BCUT2D eigenvalue weighted by atomic mass is 16.5. The van der Waals surface area contributed by atoms with Crippen LogP contribution >= 0.6 is 0 Å². The fourth-order valence-corrected chi connectivity index (χ4v) is 3.96. The number of aliphatic hydroxyl groups is 1. The van der Waals surface area contributed by atoms with Gasteiger partial charge in [0.15, 0.2) is 5.82 Å². The predicted molar refractivity (Wildman–Crippen MR) is 117 cm³/mol. The van der Waals surface area contributed by atoms with E-state index in [9.17, 15) is 9.90 Å². The number of ether oxygens (including phenoxy) is 1. The van der Waals surface area contributed by atoms with Gasteiger partial charge in [0.25, 0.3) is 0 Å². The van der Waals surface area contributed by atoms with Gasteiger partial charge in [0.1, 0.15) is 5.75 Å². The van der Waals surface area contributed by atoms with E-state index >= 15 is 0 Å². The molecule has 4 rings (SSSR count). The lowest BCUT2D eigenvalue weighted by atomic mass is 9.92. The SMILES string of the molecule is COc1cccc(CN(C(=O)Nc2cccnc2-n2cccn2)C2CCC(O)CC2)c1. The first kappa shape index (κ1) is 20.9. The van der Waals surface area contributed by atoms with Crippen molar-refractivity contribution in [2.45, 2.75) is 44.4 Å². The molecule has 1 aromatic carbocycles. The number of pyridine rings is 1. The molecule has 1 saturated carbocycles. The molecule has 2 amide bonds. The third-order valence-electron chi connectivity index (χ3n) is 5.60. The summed E-state index contributed by atoms with van der Waals surface area (Å²) in [6, 6.07) is 13.0. The van der Waals surface area contributed by atoms with Crippen LogP contribution < -0.4 is 10.1 Å². The van der Waals surface area contributed by atoms with Gasteiger partial charge >= 0.3 is 6.03 Å². The Bertz CT molecular complexity index is 1000. The molecule has 0 aliphatic heterocycles. The number of nitrogens with one attached hydrogen (secondary N) is 1. The lowest BCUT2D eigenvalue weighted by Crippen LogP contribution is -2.44. The molecular weight excluding hydrogens is 394 g/mol. The minimum Gasteiger partial charge on any atom is -0.497 e. The van der Waals surface area contributed by atoms with Gasteiger partial charge in [-0.15, -0.1) is 0 Å². The van der Waals surface area contributed by atoms with E-state index in [4.69, 9.17) is 4.74 Å². The number of benzene rings is 1. The third-order valence-corrected chi connectivity index (χ3v) is 5.60. The van der Waals surface area contributed by atoms with Crippen molar-refractivity contribution < 1.29 is 14.6 Å². The second-order valence-electron chi connectivity index (χ2n) is 7.70. The quantitative estimate of drug-likeness (QED) is 0.634. The summed E-state index contributed by atoms with van der Waals surface area (Å²) in [5, 5.41) is 17.2. The molecule has 162 valence electrons. The Balaban J connectivity index is 1.58. The van der Waals surface area contributed by atoms with Gasteiger partial charge in [0, 0.05) is 31.2 Å². The van der Waals surface area contributed by atoms with E-state index in [0.29, 0.717) is 30.9 Å². The van der Waals surface area contributed by atoms with Crippen LogP contribution in [0.4, 0.5) is 10.5 Å². The molecular formula is C23H27N5O3. The maximum absolute atomic E-state index is 13.4. The molecule has 2 heterocycles. The van der Waals surface area contributed by atoms with Crippen molar-refractivity contribution in [1.29, 1.82) is 0 Å². The Labute approximate surface area is 181 Å². The van der Waals surface area contributed by atoms with E-state index in [2.05, 4.69) is 15.4 Å². The highest BCUT2D eigenvalue weighted by Gasteiger charge is 2.29. The van der Waals surface area contributed by atoms with Crippen molar-refractivity contribution in [3.8, 4) is 11.6 Å². The summed E-state index contributed by atoms with van der Waals surface area (Å²) in [7, 11) is 1.63. The molecule has 0 unspecified atom stereocenters. The molecule has 3 aromatic rings. The average Bonchev–Trinajstić information content (AvgIpc) is 3.33. The smallest absolute Gasteiger partial charge is 0.322 e. The fourth-order valence-electron chi connectivity index (χ4n) is 3.96. The van der Waals surface area contributed by atoms with Crippen LogP contribution in [0.25, 0.3) is 5.82 Å². The molecule has 0 saturated heterocycles. The zero-order valence-corrected chi connectivity index (χ0v) is 17.5. The van der Waals surface area contributed by atoms with Crippen molar-refractivity contribution in [1.82, 2.24) is 19.7 Å². The molecule has 0 bridgehead atoms. The van der Waals surface area contributed by atoms with Crippen molar-refractivity contribution in [3.05, 3.63) is 66.6 Å². The van der Waals surface area contributed by atoms with Gasteiger partial charge in [0.05, 0.1) is 18.9 Å². The van der Waals surface area contributed by atoms with Gasteiger partial charge in [-0.25, -0.2) is 14.5 Å². The second-order valence-corrected chi connectivity index (χ2v) is 7.70. The molecule has 1 aliphatic rings. The number of hydrogen-bond donors (Lipinski definition) is 2. The molecule has 1 aliphatic carbocycles. The van der Waals surface area contributed by atoms with Crippen LogP contribution in [0.1, 0.15) is 31.2 Å². The average molecular weight is 422 g/mol. The number of aliphatic hydroxyl groups excluding tert-OH is 1. The van der Waals surface area contributed by atoms with E-state index in [0.717, 1.165) is 24.2 Å². The minimum atomic E-state index is -0.289. The fraction of sp³-hybridized carbons (Fsp3) is 0.348. The zero-order chi connectivity index (χ0) is 21.6. The lowest BCUT2D eigenvalue weighted by molar-refractivity contribution is 0.0849. The van der Waals surface area contributed by atoms with Crippen LogP contribution in [0.2, 0.25) is 0 Å². The summed E-state index contributed by atoms with van der Waals surface area (Å²) in [6.07, 6.45) is 7.74. The Morgan fingerprint density at radius 2 is 2.03 bits per heavy atom. The molecule has 8 heteroatoms. The van der Waals surface area contributed by atoms with Gasteiger partial charge < -0.3 is 20.1 Å². The summed E-state index contributed by atoms with van der Waals surface area (Å²) < 4.78 is 6.96. The maximum atomic E-state index is 13.4. The Morgan fingerprint density at radius 3 is 2.77 bits per heavy atom. The number of aromatic nitrogens is 3. The van der Waals surface area contributed by atoms with Gasteiger partial charge in [-0.1, -0.05) is 12.1 Å².